The summed E-state index contributed by atoms with van der Waals surface area (Å²) in [4.78, 5) is 24.3. The van der Waals surface area contributed by atoms with E-state index in [4.69, 9.17) is 9.97 Å². The molecule has 1 aliphatic carbocycles. The van der Waals surface area contributed by atoms with Crippen LogP contribution in [0.4, 0.5) is 11.8 Å². The van der Waals surface area contributed by atoms with E-state index in [0.29, 0.717) is 5.95 Å². The Hall–Kier alpha value is -3.15. The summed E-state index contributed by atoms with van der Waals surface area (Å²) in [5, 5.41) is 7.77. The Bertz CT molecular complexity index is 1070. The smallest absolute Gasteiger partial charge is 0.225 e. The number of amides is 1. The molecule has 0 spiro atoms. The topological polar surface area (TPSA) is 70.2 Å². The normalized spacial score (nSPS) is 19.4. The summed E-state index contributed by atoms with van der Waals surface area (Å²) in [6.07, 6.45) is 3.62. The number of carbonyl (C=O) groups excluding carboxylic acids is 1. The van der Waals surface area contributed by atoms with Crippen LogP contribution in [0.2, 0.25) is 0 Å². The van der Waals surface area contributed by atoms with Gasteiger partial charge < -0.3 is 15.5 Å². The molecule has 1 saturated carbocycles. The highest BCUT2D eigenvalue weighted by Gasteiger charge is 2.27. The summed E-state index contributed by atoms with van der Waals surface area (Å²) in [6.45, 7) is 4.12. The lowest BCUT2D eigenvalue weighted by atomic mass is 9.85. The largest absolute Gasteiger partial charge is 0.362 e. The molecule has 1 fully saturated rings. The fraction of sp³-hybridized carbons (Fsp3) is 0.423. The minimum Gasteiger partial charge on any atom is -0.362 e. The first-order valence-corrected chi connectivity index (χ1v) is 11.5. The third kappa shape index (κ3) is 5.01. The summed E-state index contributed by atoms with van der Waals surface area (Å²) >= 11 is 0. The molecule has 2 N–H and O–H groups in total. The second-order valence-corrected chi connectivity index (χ2v) is 9.12. The molecule has 1 heterocycles. The maximum atomic E-state index is 12.8. The molecule has 1 amide bonds. The quantitative estimate of drug-likeness (QED) is 0.584. The van der Waals surface area contributed by atoms with Gasteiger partial charge in [-0.3, -0.25) is 4.79 Å². The number of aryl methyl sites for hydroxylation is 1. The Labute approximate surface area is 190 Å². The van der Waals surface area contributed by atoms with Crippen LogP contribution in [-0.2, 0) is 4.79 Å². The molecular weight excluding hydrogens is 398 g/mol. The molecule has 2 aromatic carbocycles. The van der Waals surface area contributed by atoms with Gasteiger partial charge in [0.15, 0.2) is 0 Å². The fourth-order valence-corrected chi connectivity index (χ4v) is 4.42. The van der Waals surface area contributed by atoms with Gasteiger partial charge in [-0.15, -0.1) is 0 Å². The zero-order valence-electron chi connectivity index (χ0n) is 19.4. The first-order valence-electron chi connectivity index (χ1n) is 11.5. The van der Waals surface area contributed by atoms with Gasteiger partial charge in [0.05, 0.1) is 11.6 Å². The van der Waals surface area contributed by atoms with Gasteiger partial charge in [0.25, 0.3) is 0 Å². The highest BCUT2D eigenvalue weighted by atomic mass is 16.1. The number of aromatic nitrogens is 2. The zero-order chi connectivity index (χ0) is 22.7. The molecule has 0 unspecified atom stereocenters. The molecule has 1 aromatic heterocycles. The predicted octanol–water partition coefficient (Wildman–Crippen LogP) is 4.85. The van der Waals surface area contributed by atoms with Crippen LogP contribution in [0.1, 0.15) is 49.8 Å². The lowest BCUT2D eigenvalue weighted by molar-refractivity contribution is -0.126. The van der Waals surface area contributed by atoms with Gasteiger partial charge in [-0.1, -0.05) is 42.0 Å². The average Bonchev–Trinajstić information content (AvgIpc) is 2.79. The van der Waals surface area contributed by atoms with Crippen molar-refractivity contribution in [1.29, 1.82) is 0 Å². The van der Waals surface area contributed by atoms with Crippen LogP contribution >= 0.6 is 0 Å². The Morgan fingerprint density at radius 3 is 2.38 bits per heavy atom. The Kier molecular flexibility index (Phi) is 6.58. The van der Waals surface area contributed by atoms with Gasteiger partial charge in [-0.25, -0.2) is 4.98 Å². The number of benzene rings is 2. The molecule has 0 bridgehead atoms. The molecule has 0 radical (unpaired) electrons. The van der Waals surface area contributed by atoms with Crippen molar-refractivity contribution in [2.45, 2.75) is 51.6 Å². The van der Waals surface area contributed by atoms with Crippen molar-refractivity contribution >= 4 is 28.6 Å². The Balaban J connectivity index is 1.35. The summed E-state index contributed by atoms with van der Waals surface area (Å²) in [7, 11) is 4.00. The van der Waals surface area contributed by atoms with E-state index in [1.54, 1.807) is 0 Å². The number of carbonyl (C=O) groups is 1. The Morgan fingerprint density at radius 1 is 1.00 bits per heavy atom. The second-order valence-electron chi connectivity index (χ2n) is 9.12. The summed E-state index contributed by atoms with van der Waals surface area (Å²) in [6, 6.07) is 16.7. The van der Waals surface area contributed by atoms with Crippen molar-refractivity contribution in [3.05, 3.63) is 59.7 Å². The maximum Gasteiger partial charge on any atom is 0.225 e. The first kappa shape index (κ1) is 22.1. The SMILES string of the molecule is Cc1ccc([C@H](C)NC(=O)C2CCC(Nc3nc(N(C)C)c4ccccc4n3)CC2)cc1. The highest BCUT2D eigenvalue weighted by molar-refractivity contribution is 5.90. The van der Waals surface area contributed by atoms with Crippen LogP contribution in [0.15, 0.2) is 48.5 Å². The summed E-state index contributed by atoms with van der Waals surface area (Å²) in [5.74, 6) is 1.80. The van der Waals surface area contributed by atoms with Crippen LogP contribution in [0.3, 0.4) is 0 Å². The van der Waals surface area contributed by atoms with Crippen LogP contribution in [-0.4, -0.2) is 36.0 Å². The molecule has 0 saturated heterocycles. The number of nitrogens with one attached hydrogen (secondary N) is 2. The van der Waals surface area contributed by atoms with Crippen molar-refractivity contribution in [2.24, 2.45) is 5.92 Å². The summed E-state index contributed by atoms with van der Waals surface area (Å²) < 4.78 is 0. The third-order valence-corrected chi connectivity index (χ3v) is 6.37. The molecule has 32 heavy (non-hydrogen) atoms. The molecule has 1 atom stereocenters. The molecule has 1 aliphatic rings. The third-order valence-electron chi connectivity index (χ3n) is 6.37. The van der Waals surface area contributed by atoms with E-state index < -0.39 is 0 Å². The van der Waals surface area contributed by atoms with Gasteiger partial charge in [0, 0.05) is 31.4 Å². The van der Waals surface area contributed by atoms with Crippen molar-refractivity contribution in [3.8, 4) is 0 Å². The minimum absolute atomic E-state index is 0.0226. The van der Waals surface area contributed by atoms with E-state index in [2.05, 4.69) is 54.8 Å². The van der Waals surface area contributed by atoms with E-state index in [0.717, 1.165) is 48.0 Å². The molecule has 168 valence electrons. The molecule has 4 rings (SSSR count). The molecule has 3 aromatic rings. The van der Waals surface area contributed by atoms with E-state index in [9.17, 15) is 4.79 Å². The van der Waals surface area contributed by atoms with Crippen molar-refractivity contribution in [2.75, 3.05) is 24.3 Å². The van der Waals surface area contributed by atoms with E-state index in [1.807, 2.05) is 37.2 Å². The molecule has 0 aliphatic heterocycles. The van der Waals surface area contributed by atoms with Crippen molar-refractivity contribution < 1.29 is 4.79 Å². The Morgan fingerprint density at radius 2 is 1.69 bits per heavy atom. The first-order chi connectivity index (χ1) is 15.4. The number of para-hydroxylation sites is 1. The van der Waals surface area contributed by atoms with Crippen molar-refractivity contribution in [1.82, 2.24) is 15.3 Å². The number of nitrogens with zero attached hydrogens (tertiary/aromatic N) is 3. The maximum absolute atomic E-state index is 12.8. The van der Waals surface area contributed by atoms with Gasteiger partial charge in [-0.05, 0) is 57.2 Å². The second kappa shape index (κ2) is 9.55. The number of hydrogen-bond acceptors (Lipinski definition) is 5. The highest BCUT2D eigenvalue weighted by Crippen LogP contribution is 2.29. The van der Waals surface area contributed by atoms with Gasteiger partial charge >= 0.3 is 0 Å². The van der Waals surface area contributed by atoms with E-state index >= 15 is 0 Å². The molecule has 6 nitrogen and oxygen atoms in total. The number of fused-ring (bicyclic) bond motifs is 1. The molecule has 6 heteroatoms. The monoisotopic (exact) mass is 431 g/mol. The van der Waals surface area contributed by atoms with Gasteiger partial charge in [-0.2, -0.15) is 4.98 Å². The average molecular weight is 432 g/mol. The molecular formula is C26H33N5O. The number of rotatable bonds is 6. The fourth-order valence-electron chi connectivity index (χ4n) is 4.42. The lowest BCUT2D eigenvalue weighted by Gasteiger charge is -2.29. The van der Waals surface area contributed by atoms with Crippen LogP contribution in [0.5, 0.6) is 0 Å². The standard InChI is InChI=1S/C26H33N5O/c1-17-9-11-19(12-10-17)18(2)27-25(32)20-13-15-21(16-14-20)28-26-29-23-8-6-5-7-22(23)24(30-26)31(3)4/h5-12,18,20-21H,13-16H2,1-4H3,(H,27,32)(H,28,29,30)/t18-,20?,21?/m0/s1. The number of hydrogen-bond donors (Lipinski definition) is 2. The minimum atomic E-state index is 0.0226. The van der Waals surface area contributed by atoms with Crippen LogP contribution < -0.4 is 15.5 Å². The van der Waals surface area contributed by atoms with Crippen LogP contribution in [0.25, 0.3) is 10.9 Å². The van der Waals surface area contributed by atoms with Gasteiger partial charge in [0.1, 0.15) is 5.82 Å². The number of anilines is 2. The van der Waals surface area contributed by atoms with Crippen molar-refractivity contribution in [3.63, 3.8) is 0 Å². The lowest BCUT2D eigenvalue weighted by Crippen LogP contribution is -2.37. The predicted molar refractivity (Wildman–Crippen MR) is 131 cm³/mol. The van der Waals surface area contributed by atoms with E-state index in [1.165, 1.54) is 5.56 Å². The van der Waals surface area contributed by atoms with Gasteiger partial charge in [0.2, 0.25) is 11.9 Å². The van der Waals surface area contributed by atoms with E-state index in [-0.39, 0.29) is 23.9 Å². The van der Waals surface area contributed by atoms with Crippen LogP contribution in [0, 0.1) is 12.8 Å². The zero-order valence-corrected chi connectivity index (χ0v) is 19.4. The summed E-state index contributed by atoms with van der Waals surface area (Å²) in [5.41, 5.74) is 3.31.